The molecule has 0 heterocycles. The topological polar surface area (TPSA) is 78.7 Å². The van der Waals surface area contributed by atoms with Gasteiger partial charge in [-0.3, -0.25) is 14.9 Å². The number of carbonyl (C=O) groups excluding carboxylic acids is 1. The van der Waals surface area contributed by atoms with Gasteiger partial charge < -0.3 is 9.47 Å². The molecule has 0 aromatic heterocycles. The van der Waals surface area contributed by atoms with Crippen LogP contribution in [0.5, 0.6) is 17.2 Å². The largest absolute Gasteiger partial charge is 0.493 e. The molecule has 6 heteroatoms. The summed E-state index contributed by atoms with van der Waals surface area (Å²) in [7, 11) is 1.45. The Balaban J connectivity index is 2.44. The second kappa shape index (κ2) is 5.83. The number of para-hydroxylation sites is 2. The summed E-state index contributed by atoms with van der Waals surface area (Å²) in [5.41, 5.74) is 0.227. The molecule has 0 spiro atoms. The van der Waals surface area contributed by atoms with E-state index in [1.54, 1.807) is 24.3 Å². The summed E-state index contributed by atoms with van der Waals surface area (Å²) in [5.74, 6) is 0.707. The molecule has 0 saturated heterocycles. The molecule has 0 saturated carbocycles. The summed E-state index contributed by atoms with van der Waals surface area (Å²) in [6.07, 6.45) is 0.658. The lowest BCUT2D eigenvalue weighted by molar-refractivity contribution is -0.385. The lowest BCUT2D eigenvalue weighted by Gasteiger charge is -2.10. The molecule has 102 valence electrons. The van der Waals surface area contributed by atoms with Crippen LogP contribution in [0, 0.1) is 10.1 Å². The number of ether oxygens (including phenoxy) is 2. The van der Waals surface area contributed by atoms with E-state index in [9.17, 15) is 14.9 Å². The van der Waals surface area contributed by atoms with E-state index >= 15 is 0 Å². The monoisotopic (exact) mass is 273 g/mol. The highest BCUT2D eigenvalue weighted by Gasteiger charge is 2.16. The molecule has 0 fully saturated rings. The Bertz CT molecular complexity index is 654. The van der Waals surface area contributed by atoms with Gasteiger partial charge in [0.1, 0.15) is 6.29 Å². The molecule has 0 aliphatic rings. The predicted molar refractivity (Wildman–Crippen MR) is 71.6 cm³/mol. The third-order valence-electron chi connectivity index (χ3n) is 2.61. The van der Waals surface area contributed by atoms with Crippen molar-refractivity contribution < 1.29 is 19.2 Å². The number of carbonyl (C=O) groups is 1. The zero-order valence-electron chi connectivity index (χ0n) is 10.6. The number of hydrogen-bond donors (Lipinski definition) is 0. The maximum Gasteiger partial charge on any atom is 0.311 e. The number of methoxy groups -OCH3 is 1. The average molecular weight is 273 g/mol. The number of rotatable bonds is 5. The molecule has 2 aromatic rings. The molecule has 6 nitrogen and oxygen atoms in total. The summed E-state index contributed by atoms with van der Waals surface area (Å²) < 4.78 is 10.6. The van der Waals surface area contributed by atoms with Crippen molar-refractivity contribution >= 4 is 12.0 Å². The van der Waals surface area contributed by atoms with Gasteiger partial charge in [0.15, 0.2) is 11.5 Å². The molecule has 0 aliphatic carbocycles. The molecule has 0 amide bonds. The van der Waals surface area contributed by atoms with Crippen molar-refractivity contribution in [1.29, 1.82) is 0 Å². The minimum Gasteiger partial charge on any atom is -0.493 e. The van der Waals surface area contributed by atoms with Crippen molar-refractivity contribution in [3.8, 4) is 17.2 Å². The zero-order valence-corrected chi connectivity index (χ0v) is 10.6. The molecule has 0 N–H and O–H groups in total. The average Bonchev–Trinajstić information content (AvgIpc) is 2.47. The lowest BCUT2D eigenvalue weighted by Crippen LogP contribution is -1.95. The molecule has 0 atom stereocenters. The maximum atomic E-state index is 10.9. The van der Waals surface area contributed by atoms with Crippen LogP contribution in [-0.4, -0.2) is 18.3 Å². The van der Waals surface area contributed by atoms with E-state index < -0.39 is 4.92 Å². The Kier molecular flexibility index (Phi) is 3.95. The van der Waals surface area contributed by atoms with Crippen LogP contribution in [0.4, 0.5) is 5.69 Å². The second-order valence-corrected chi connectivity index (χ2v) is 3.86. The molecular weight excluding hydrogens is 262 g/mol. The van der Waals surface area contributed by atoms with E-state index in [4.69, 9.17) is 9.47 Å². The van der Waals surface area contributed by atoms with E-state index in [1.165, 1.54) is 25.3 Å². The standard InChI is InChI=1S/C14H11NO5/c1-19-13-7-6-10(9-16)8-14(13)20-12-5-3-2-4-11(12)15(17)18/h2-9H,1H3. The van der Waals surface area contributed by atoms with Crippen LogP contribution in [0.25, 0.3) is 0 Å². The van der Waals surface area contributed by atoms with E-state index in [1.807, 2.05) is 0 Å². The van der Waals surface area contributed by atoms with Gasteiger partial charge in [-0.2, -0.15) is 0 Å². The Morgan fingerprint density at radius 3 is 2.50 bits per heavy atom. The Morgan fingerprint density at radius 2 is 1.85 bits per heavy atom. The van der Waals surface area contributed by atoms with Crippen LogP contribution in [0.15, 0.2) is 42.5 Å². The van der Waals surface area contributed by atoms with Gasteiger partial charge in [0.25, 0.3) is 0 Å². The lowest BCUT2D eigenvalue weighted by atomic mass is 10.2. The molecule has 2 aromatic carbocycles. The first-order chi connectivity index (χ1) is 9.65. The number of hydrogen-bond acceptors (Lipinski definition) is 5. The number of aldehydes is 1. The molecule has 0 bridgehead atoms. The van der Waals surface area contributed by atoms with Crippen molar-refractivity contribution in [1.82, 2.24) is 0 Å². The van der Waals surface area contributed by atoms with E-state index in [0.29, 0.717) is 17.6 Å². The molecule has 0 aliphatic heterocycles. The van der Waals surface area contributed by atoms with Crippen LogP contribution in [0.1, 0.15) is 10.4 Å². The summed E-state index contributed by atoms with van der Waals surface area (Å²) in [6, 6.07) is 10.6. The highest BCUT2D eigenvalue weighted by Crippen LogP contribution is 2.36. The van der Waals surface area contributed by atoms with Crippen molar-refractivity contribution in [3.05, 3.63) is 58.1 Å². The van der Waals surface area contributed by atoms with Crippen LogP contribution in [-0.2, 0) is 0 Å². The molecule has 0 unspecified atom stereocenters. The first-order valence-electron chi connectivity index (χ1n) is 5.70. The second-order valence-electron chi connectivity index (χ2n) is 3.86. The fraction of sp³-hybridized carbons (Fsp3) is 0.0714. The first kappa shape index (κ1) is 13.5. The predicted octanol–water partition coefficient (Wildman–Crippen LogP) is 3.21. The quantitative estimate of drug-likeness (QED) is 0.475. The smallest absolute Gasteiger partial charge is 0.311 e. The van der Waals surface area contributed by atoms with Crippen molar-refractivity contribution in [2.75, 3.05) is 7.11 Å². The van der Waals surface area contributed by atoms with Gasteiger partial charge in [-0.1, -0.05) is 12.1 Å². The van der Waals surface area contributed by atoms with E-state index in [0.717, 1.165) is 0 Å². The minimum atomic E-state index is -0.536. The van der Waals surface area contributed by atoms with Gasteiger partial charge in [0.2, 0.25) is 5.75 Å². The van der Waals surface area contributed by atoms with Crippen LogP contribution >= 0.6 is 0 Å². The van der Waals surface area contributed by atoms with Gasteiger partial charge >= 0.3 is 5.69 Å². The molecule has 0 radical (unpaired) electrons. The van der Waals surface area contributed by atoms with Crippen LogP contribution in [0.2, 0.25) is 0 Å². The highest BCUT2D eigenvalue weighted by atomic mass is 16.6. The SMILES string of the molecule is COc1ccc(C=O)cc1Oc1ccccc1[N+](=O)[O-]. The van der Waals surface area contributed by atoms with Gasteiger partial charge in [-0.25, -0.2) is 0 Å². The zero-order chi connectivity index (χ0) is 14.5. The van der Waals surface area contributed by atoms with Gasteiger partial charge in [0, 0.05) is 11.6 Å². The number of nitrogens with zero attached hydrogens (tertiary/aromatic N) is 1. The maximum absolute atomic E-state index is 10.9. The molecule has 20 heavy (non-hydrogen) atoms. The fourth-order valence-electron chi connectivity index (χ4n) is 1.66. The van der Waals surface area contributed by atoms with Gasteiger partial charge in [-0.05, 0) is 24.3 Å². The molecular formula is C14H11NO5. The van der Waals surface area contributed by atoms with Crippen molar-refractivity contribution in [2.45, 2.75) is 0 Å². The normalized spacial score (nSPS) is 9.85. The summed E-state index contributed by atoms with van der Waals surface area (Å²) >= 11 is 0. The summed E-state index contributed by atoms with van der Waals surface area (Å²) in [4.78, 5) is 21.2. The van der Waals surface area contributed by atoms with Gasteiger partial charge in [0.05, 0.1) is 12.0 Å². The third kappa shape index (κ3) is 2.74. The van der Waals surface area contributed by atoms with E-state index in [2.05, 4.69) is 0 Å². The number of benzene rings is 2. The summed E-state index contributed by atoms with van der Waals surface area (Å²) in [5, 5.41) is 10.9. The first-order valence-corrected chi connectivity index (χ1v) is 5.70. The minimum absolute atomic E-state index is 0.0823. The van der Waals surface area contributed by atoms with Crippen molar-refractivity contribution in [3.63, 3.8) is 0 Å². The fourth-order valence-corrected chi connectivity index (χ4v) is 1.66. The summed E-state index contributed by atoms with van der Waals surface area (Å²) in [6.45, 7) is 0. The Hall–Kier alpha value is -2.89. The van der Waals surface area contributed by atoms with Crippen LogP contribution in [0.3, 0.4) is 0 Å². The molecule has 2 rings (SSSR count). The Morgan fingerprint density at radius 1 is 1.10 bits per heavy atom. The van der Waals surface area contributed by atoms with Crippen LogP contribution < -0.4 is 9.47 Å². The third-order valence-corrected chi connectivity index (χ3v) is 2.61. The number of nitro groups is 1. The van der Waals surface area contributed by atoms with E-state index in [-0.39, 0.29) is 17.2 Å². The Labute approximate surface area is 114 Å². The highest BCUT2D eigenvalue weighted by molar-refractivity contribution is 5.76. The van der Waals surface area contributed by atoms with Crippen molar-refractivity contribution in [2.24, 2.45) is 0 Å². The van der Waals surface area contributed by atoms with Gasteiger partial charge in [-0.15, -0.1) is 0 Å². The number of nitro benzene ring substituents is 1.